The fraction of sp³-hybridized carbons (Fsp3) is 0.278. The number of anilines is 1. The van der Waals surface area contributed by atoms with Crippen LogP contribution in [0.25, 0.3) is 0 Å². The Morgan fingerprint density at radius 1 is 1.04 bits per heavy atom. The molecule has 0 radical (unpaired) electrons. The van der Waals surface area contributed by atoms with E-state index >= 15 is 0 Å². The lowest BCUT2D eigenvalue weighted by Gasteiger charge is -2.18. The van der Waals surface area contributed by atoms with Crippen molar-refractivity contribution in [3.05, 3.63) is 60.7 Å². The van der Waals surface area contributed by atoms with Crippen LogP contribution in [0.5, 0.6) is 0 Å². The summed E-state index contributed by atoms with van der Waals surface area (Å²) in [6.45, 7) is -0.838. The molecule has 5 nitrogen and oxygen atoms in total. The third kappa shape index (κ3) is 7.87. The normalized spacial score (nSPS) is 13.0. The first-order chi connectivity index (χ1) is 12.6. The smallest absolute Gasteiger partial charge is 0.376 e. The number of thioether (sulfide) groups is 1. The van der Waals surface area contributed by atoms with Crippen LogP contribution in [0, 0.1) is 0 Å². The maximum Gasteiger partial charge on any atom is 0.418 e. The Hall–Kier alpha value is -1.40. The summed E-state index contributed by atoms with van der Waals surface area (Å²) < 4.78 is 18.2. The molecule has 1 amide bonds. The fourth-order valence-electron chi connectivity index (χ4n) is 1.96. The molecule has 0 aromatic heterocycles. The molecule has 2 aromatic carbocycles. The lowest BCUT2D eigenvalue weighted by atomic mass is 10.3. The molecule has 26 heavy (non-hydrogen) atoms. The zero-order chi connectivity index (χ0) is 18.7. The van der Waals surface area contributed by atoms with Crippen molar-refractivity contribution in [1.82, 2.24) is 5.09 Å². The summed E-state index contributed by atoms with van der Waals surface area (Å²) in [4.78, 5) is 13.2. The maximum absolute atomic E-state index is 12.9. The van der Waals surface area contributed by atoms with Gasteiger partial charge in [-0.1, -0.05) is 43.3 Å². The van der Waals surface area contributed by atoms with Crippen molar-refractivity contribution in [1.29, 1.82) is 0 Å². The summed E-state index contributed by atoms with van der Waals surface area (Å²) in [6, 6.07) is 18.9. The predicted molar refractivity (Wildman–Crippen MR) is 112 cm³/mol. The summed E-state index contributed by atoms with van der Waals surface area (Å²) in [5.41, 5.74) is 0.601. The van der Waals surface area contributed by atoms with Gasteiger partial charge in [-0.05, 0) is 42.1 Å². The SMILES string of the molecule is CCCSP(=O)(NCCSc1ccccc1)OC(=O)Nc1ccccc1. The third-order valence-electron chi connectivity index (χ3n) is 3.11. The van der Waals surface area contributed by atoms with Crippen molar-refractivity contribution in [2.75, 3.05) is 23.4 Å². The molecule has 0 spiro atoms. The van der Waals surface area contributed by atoms with Crippen LogP contribution in [0.3, 0.4) is 0 Å². The average Bonchev–Trinajstić information content (AvgIpc) is 2.65. The minimum Gasteiger partial charge on any atom is -0.376 e. The molecule has 0 saturated heterocycles. The van der Waals surface area contributed by atoms with E-state index in [9.17, 15) is 9.36 Å². The second-order valence-corrected chi connectivity index (χ2v) is 10.8. The largest absolute Gasteiger partial charge is 0.418 e. The molecule has 0 aliphatic rings. The molecule has 2 N–H and O–H groups in total. The van der Waals surface area contributed by atoms with E-state index in [2.05, 4.69) is 10.4 Å². The van der Waals surface area contributed by atoms with Crippen LogP contribution in [-0.4, -0.2) is 24.1 Å². The van der Waals surface area contributed by atoms with Crippen molar-refractivity contribution in [3.8, 4) is 0 Å². The summed E-state index contributed by atoms with van der Waals surface area (Å²) >= 11 is 2.82. The predicted octanol–water partition coefficient (Wildman–Crippen LogP) is 5.87. The highest BCUT2D eigenvalue weighted by atomic mass is 32.7. The number of para-hydroxylation sites is 1. The van der Waals surface area contributed by atoms with Gasteiger partial charge >= 0.3 is 12.8 Å². The molecule has 1 atom stereocenters. The Kier molecular flexibility index (Phi) is 9.12. The van der Waals surface area contributed by atoms with Gasteiger partial charge in [-0.25, -0.2) is 14.4 Å². The number of hydrogen-bond donors (Lipinski definition) is 2. The van der Waals surface area contributed by atoms with Gasteiger partial charge in [0.15, 0.2) is 0 Å². The minimum atomic E-state index is -3.31. The van der Waals surface area contributed by atoms with Gasteiger partial charge in [-0.15, -0.1) is 11.8 Å². The number of benzene rings is 2. The standard InChI is InChI=1S/C18H23N2O3PS2/c1-2-14-26-24(22,19-13-15-25-17-11-7-4-8-12-17)23-18(21)20-16-9-5-3-6-10-16/h3-12H,2,13-15H2,1H3,(H,19,22)(H,20,21). The van der Waals surface area contributed by atoms with E-state index in [4.69, 9.17) is 4.52 Å². The molecule has 0 aliphatic heterocycles. The van der Waals surface area contributed by atoms with Gasteiger partial charge in [0, 0.05) is 28.6 Å². The number of carbonyl (C=O) groups is 1. The summed E-state index contributed by atoms with van der Waals surface area (Å²) in [5, 5.41) is 5.53. The topological polar surface area (TPSA) is 67.4 Å². The van der Waals surface area contributed by atoms with E-state index in [0.29, 0.717) is 18.0 Å². The van der Waals surface area contributed by atoms with Gasteiger partial charge in [0.05, 0.1) is 0 Å². The minimum absolute atomic E-state index is 0.478. The zero-order valence-electron chi connectivity index (χ0n) is 14.6. The number of hydrogen-bond acceptors (Lipinski definition) is 5. The molecule has 2 aromatic rings. The first-order valence-electron chi connectivity index (χ1n) is 8.34. The van der Waals surface area contributed by atoms with Crippen LogP contribution in [0.15, 0.2) is 65.6 Å². The van der Waals surface area contributed by atoms with Crippen LogP contribution in [0.2, 0.25) is 0 Å². The second kappa shape index (κ2) is 11.3. The van der Waals surface area contributed by atoms with E-state index in [0.717, 1.165) is 28.5 Å². The first-order valence-corrected chi connectivity index (χ1v) is 12.5. The van der Waals surface area contributed by atoms with Crippen molar-refractivity contribution in [2.24, 2.45) is 0 Å². The molecule has 0 fully saturated rings. The van der Waals surface area contributed by atoms with E-state index in [1.54, 1.807) is 36.0 Å². The summed E-state index contributed by atoms with van der Waals surface area (Å²) in [5.74, 6) is 1.37. The van der Waals surface area contributed by atoms with Gasteiger partial charge in [0.2, 0.25) is 0 Å². The lowest BCUT2D eigenvalue weighted by Crippen LogP contribution is -2.19. The van der Waals surface area contributed by atoms with E-state index in [1.165, 1.54) is 0 Å². The fourth-order valence-corrected chi connectivity index (χ4v) is 6.35. The second-order valence-electron chi connectivity index (χ2n) is 5.27. The number of amides is 1. The Morgan fingerprint density at radius 2 is 1.69 bits per heavy atom. The van der Waals surface area contributed by atoms with Crippen LogP contribution >= 0.6 is 29.9 Å². The van der Waals surface area contributed by atoms with Crippen LogP contribution < -0.4 is 10.4 Å². The highest BCUT2D eigenvalue weighted by Crippen LogP contribution is 2.56. The van der Waals surface area contributed by atoms with Crippen LogP contribution in [0.4, 0.5) is 10.5 Å². The molecule has 140 valence electrons. The Bertz CT molecular complexity index is 717. The Balaban J connectivity index is 1.84. The quantitative estimate of drug-likeness (QED) is 0.290. The van der Waals surface area contributed by atoms with Gasteiger partial charge in [-0.2, -0.15) is 0 Å². The monoisotopic (exact) mass is 410 g/mol. The van der Waals surface area contributed by atoms with Crippen molar-refractivity contribution < 1.29 is 13.9 Å². The van der Waals surface area contributed by atoms with E-state index in [-0.39, 0.29) is 0 Å². The lowest BCUT2D eigenvalue weighted by molar-refractivity contribution is 0.216. The van der Waals surface area contributed by atoms with Gasteiger partial charge in [0.25, 0.3) is 0 Å². The van der Waals surface area contributed by atoms with E-state index in [1.807, 2.05) is 43.3 Å². The Labute approximate surface area is 162 Å². The number of carbonyl (C=O) groups excluding carboxylic acids is 1. The molecular weight excluding hydrogens is 387 g/mol. The summed E-state index contributed by atoms with van der Waals surface area (Å²) in [6.07, 6.45) is 0.130. The first kappa shape index (κ1) is 20.9. The van der Waals surface area contributed by atoms with Crippen molar-refractivity contribution in [3.63, 3.8) is 0 Å². The molecule has 8 heteroatoms. The zero-order valence-corrected chi connectivity index (χ0v) is 17.1. The summed E-state index contributed by atoms with van der Waals surface area (Å²) in [7, 11) is 0. The van der Waals surface area contributed by atoms with Crippen molar-refractivity contribution >= 4 is 41.6 Å². The third-order valence-corrected chi connectivity index (χ3v) is 8.25. The van der Waals surface area contributed by atoms with Gasteiger partial charge < -0.3 is 4.52 Å². The number of rotatable bonds is 10. The number of nitrogens with one attached hydrogen (secondary N) is 2. The maximum atomic E-state index is 12.9. The average molecular weight is 411 g/mol. The molecule has 0 heterocycles. The highest BCUT2D eigenvalue weighted by molar-refractivity contribution is 8.56. The highest BCUT2D eigenvalue weighted by Gasteiger charge is 2.27. The Morgan fingerprint density at radius 3 is 2.35 bits per heavy atom. The van der Waals surface area contributed by atoms with E-state index < -0.39 is 12.8 Å². The van der Waals surface area contributed by atoms with Gasteiger partial charge in [-0.3, -0.25) is 5.32 Å². The van der Waals surface area contributed by atoms with Crippen LogP contribution in [-0.2, 0) is 9.09 Å². The van der Waals surface area contributed by atoms with Crippen LogP contribution in [0.1, 0.15) is 13.3 Å². The molecule has 0 aliphatic carbocycles. The van der Waals surface area contributed by atoms with Crippen molar-refractivity contribution in [2.45, 2.75) is 18.2 Å². The molecule has 2 rings (SSSR count). The molecular formula is C18H23N2O3PS2. The molecule has 0 bridgehead atoms. The van der Waals surface area contributed by atoms with Gasteiger partial charge in [0.1, 0.15) is 0 Å². The molecule has 1 unspecified atom stereocenters. The molecule has 0 saturated carbocycles.